The molecule has 1 aromatic heterocycles. The van der Waals surface area contributed by atoms with Crippen molar-refractivity contribution in [3.63, 3.8) is 0 Å². The fourth-order valence-corrected chi connectivity index (χ4v) is 2.99. The van der Waals surface area contributed by atoms with Crippen molar-refractivity contribution in [3.05, 3.63) is 35.7 Å². The van der Waals surface area contributed by atoms with E-state index in [0.29, 0.717) is 25.4 Å². The molecule has 144 valence electrons. The van der Waals surface area contributed by atoms with E-state index < -0.39 is 5.60 Å². The number of hydrogen-bond donors (Lipinski definition) is 0. The number of oxazole rings is 1. The van der Waals surface area contributed by atoms with Gasteiger partial charge in [-0.1, -0.05) is 0 Å². The molecule has 0 N–H and O–H groups in total. The molecular formula is C21H26N2O4. The Hall–Kier alpha value is -2.50. The van der Waals surface area contributed by atoms with E-state index in [1.165, 1.54) is 12.8 Å². The predicted octanol–water partition coefficient (Wildman–Crippen LogP) is 4.42. The van der Waals surface area contributed by atoms with Gasteiger partial charge in [0, 0.05) is 18.5 Å². The minimum absolute atomic E-state index is 0.316. The van der Waals surface area contributed by atoms with Crippen LogP contribution in [-0.2, 0) is 17.7 Å². The highest BCUT2D eigenvalue weighted by Crippen LogP contribution is 2.31. The van der Waals surface area contributed by atoms with E-state index in [2.05, 4.69) is 4.98 Å². The summed E-state index contributed by atoms with van der Waals surface area (Å²) in [5.41, 5.74) is 1.32. The van der Waals surface area contributed by atoms with E-state index in [9.17, 15) is 4.79 Å². The molecule has 1 aromatic carbocycles. The largest absolute Gasteiger partial charge is 0.493 e. The summed E-state index contributed by atoms with van der Waals surface area (Å²) < 4.78 is 17.2. The summed E-state index contributed by atoms with van der Waals surface area (Å²) in [7, 11) is 0. The van der Waals surface area contributed by atoms with Gasteiger partial charge in [-0.25, -0.2) is 9.78 Å². The van der Waals surface area contributed by atoms with E-state index in [1.807, 2.05) is 45.0 Å². The molecule has 0 unspecified atom stereocenters. The first-order chi connectivity index (χ1) is 12.9. The first kappa shape index (κ1) is 17.9. The summed E-state index contributed by atoms with van der Waals surface area (Å²) in [4.78, 5) is 18.6. The lowest BCUT2D eigenvalue weighted by atomic mass is 10.1. The number of aromatic nitrogens is 1. The van der Waals surface area contributed by atoms with Crippen molar-refractivity contribution in [2.24, 2.45) is 5.92 Å². The van der Waals surface area contributed by atoms with Crippen molar-refractivity contribution < 1.29 is 18.7 Å². The molecule has 6 nitrogen and oxygen atoms in total. The number of nitrogens with zero attached hydrogens (tertiary/aromatic N) is 2. The van der Waals surface area contributed by atoms with Crippen LogP contribution in [0.3, 0.4) is 0 Å². The number of amides is 1. The second-order valence-corrected chi connectivity index (χ2v) is 8.32. The van der Waals surface area contributed by atoms with E-state index in [1.54, 1.807) is 4.90 Å². The SMILES string of the molecule is CC(C)(C)OC(=O)N1CCc2nc(-c3ccc(OCC4CC4)cc3)oc2C1. The smallest absolute Gasteiger partial charge is 0.410 e. The summed E-state index contributed by atoms with van der Waals surface area (Å²) in [6.07, 6.45) is 2.91. The summed E-state index contributed by atoms with van der Waals surface area (Å²) >= 11 is 0. The Morgan fingerprint density at radius 2 is 2.00 bits per heavy atom. The highest BCUT2D eigenvalue weighted by molar-refractivity contribution is 5.68. The van der Waals surface area contributed by atoms with Gasteiger partial charge in [-0.2, -0.15) is 0 Å². The van der Waals surface area contributed by atoms with Crippen LogP contribution in [0.25, 0.3) is 11.5 Å². The highest BCUT2D eigenvalue weighted by Gasteiger charge is 2.29. The highest BCUT2D eigenvalue weighted by atomic mass is 16.6. The van der Waals surface area contributed by atoms with Crippen LogP contribution in [0, 0.1) is 5.92 Å². The molecule has 2 aliphatic rings. The van der Waals surface area contributed by atoms with Gasteiger partial charge in [0.15, 0.2) is 0 Å². The zero-order chi connectivity index (χ0) is 19.0. The number of carbonyl (C=O) groups excluding carboxylic acids is 1. The average molecular weight is 370 g/mol. The quantitative estimate of drug-likeness (QED) is 0.797. The third-order valence-electron chi connectivity index (χ3n) is 4.67. The Morgan fingerprint density at radius 1 is 1.26 bits per heavy atom. The molecule has 4 rings (SSSR count). The Morgan fingerprint density at radius 3 is 2.67 bits per heavy atom. The van der Waals surface area contributed by atoms with Gasteiger partial charge in [0.05, 0.1) is 18.8 Å². The maximum Gasteiger partial charge on any atom is 0.410 e. The van der Waals surface area contributed by atoms with Crippen molar-refractivity contribution in [2.75, 3.05) is 13.2 Å². The number of rotatable bonds is 4. The molecule has 0 bridgehead atoms. The Bertz CT molecular complexity index is 816. The van der Waals surface area contributed by atoms with Gasteiger partial charge < -0.3 is 18.8 Å². The van der Waals surface area contributed by atoms with Crippen LogP contribution in [0.15, 0.2) is 28.7 Å². The molecule has 2 heterocycles. The monoisotopic (exact) mass is 370 g/mol. The molecule has 2 aromatic rings. The molecule has 0 saturated heterocycles. The molecular weight excluding hydrogens is 344 g/mol. The fraction of sp³-hybridized carbons (Fsp3) is 0.524. The van der Waals surface area contributed by atoms with Gasteiger partial charge in [-0.3, -0.25) is 0 Å². The van der Waals surface area contributed by atoms with Gasteiger partial charge >= 0.3 is 6.09 Å². The van der Waals surface area contributed by atoms with Crippen LogP contribution in [0.5, 0.6) is 5.75 Å². The fourth-order valence-electron chi connectivity index (χ4n) is 2.99. The van der Waals surface area contributed by atoms with Crippen molar-refractivity contribution in [1.29, 1.82) is 0 Å². The lowest BCUT2D eigenvalue weighted by Crippen LogP contribution is -2.39. The van der Waals surface area contributed by atoms with Crippen LogP contribution < -0.4 is 4.74 Å². The van der Waals surface area contributed by atoms with E-state index in [-0.39, 0.29) is 6.09 Å². The van der Waals surface area contributed by atoms with E-state index in [0.717, 1.165) is 35.3 Å². The van der Waals surface area contributed by atoms with Crippen LogP contribution >= 0.6 is 0 Å². The molecule has 1 amide bonds. The van der Waals surface area contributed by atoms with Gasteiger partial charge in [-0.15, -0.1) is 0 Å². The zero-order valence-electron chi connectivity index (χ0n) is 16.2. The average Bonchev–Trinajstić information content (AvgIpc) is 3.35. The lowest BCUT2D eigenvalue weighted by Gasteiger charge is -2.28. The Labute approximate surface area is 159 Å². The maximum atomic E-state index is 12.3. The first-order valence-electron chi connectivity index (χ1n) is 9.57. The molecule has 1 fully saturated rings. The third kappa shape index (κ3) is 4.43. The van der Waals surface area contributed by atoms with Gasteiger partial charge in [0.2, 0.25) is 5.89 Å². The summed E-state index contributed by atoms with van der Waals surface area (Å²) in [6.45, 7) is 7.37. The number of carbonyl (C=O) groups is 1. The van der Waals surface area contributed by atoms with Gasteiger partial charge in [-0.05, 0) is 63.8 Å². The molecule has 6 heteroatoms. The van der Waals surface area contributed by atoms with Crippen molar-refractivity contribution >= 4 is 6.09 Å². The summed E-state index contributed by atoms with van der Waals surface area (Å²) in [5.74, 6) is 2.92. The zero-order valence-corrected chi connectivity index (χ0v) is 16.2. The molecule has 1 saturated carbocycles. The molecule has 0 atom stereocenters. The Kier molecular flexibility index (Phi) is 4.58. The summed E-state index contributed by atoms with van der Waals surface area (Å²) in [6, 6.07) is 7.83. The number of hydrogen-bond acceptors (Lipinski definition) is 5. The topological polar surface area (TPSA) is 64.8 Å². The normalized spacial score (nSPS) is 16.8. The molecule has 27 heavy (non-hydrogen) atoms. The lowest BCUT2D eigenvalue weighted by molar-refractivity contribution is 0.0209. The molecule has 0 spiro atoms. The van der Waals surface area contributed by atoms with Crippen molar-refractivity contribution in [3.8, 4) is 17.2 Å². The summed E-state index contributed by atoms with van der Waals surface area (Å²) in [5, 5.41) is 0. The van der Waals surface area contributed by atoms with E-state index in [4.69, 9.17) is 13.9 Å². The minimum Gasteiger partial charge on any atom is -0.493 e. The molecule has 1 aliphatic carbocycles. The van der Waals surface area contributed by atoms with Gasteiger partial charge in [0.1, 0.15) is 17.1 Å². The standard InChI is InChI=1S/C21H26N2O4/c1-21(2,3)27-20(24)23-11-10-17-18(12-23)26-19(22-17)15-6-8-16(9-7-15)25-13-14-4-5-14/h6-9,14H,4-5,10-13H2,1-3H3. The number of fused-ring (bicyclic) bond motifs is 1. The predicted molar refractivity (Wildman–Crippen MR) is 101 cm³/mol. The first-order valence-corrected chi connectivity index (χ1v) is 9.57. The second-order valence-electron chi connectivity index (χ2n) is 8.32. The number of benzene rings is 1. The third-order valence-corrected chi connectivity index (χ3v) is 4.67. The van der Waals surface area contributed by atoms with Crippen LogP contribution in [0.2, 0.25) is 0 Å². The van der Waals surface area contributed by atoms with Crippen LogP contribution in [0.4, 0.5) is 4.79 Å². The van der Waals surface area contributed by atoms with Crippen LogP contribution in [0.1, 0.15) is 45.1 Å². The molecule has 0 radical (unpaired) electrons. The molecule has 1 aliphatic heterocycles. The van der Waals surface area contributed by atoms with Crippen LogP contribution in [-0.4, -0.2) is 34.7 Å². The maximum absolute atomic E-state index is 12.3. The van der Waals surface area contributed by atoms with E-state index >= 15 is 0 Å². The van der Waals surface area contributed by atoms with Gasteiger partial charge in [0.25, 0.3) is 0 Å². The second kappa shape index (κ2) is 6.91. The van der Waals surface area contributed by atoms with Crippen molar-refractivity contribution in [1.82, 2.24) is 9.88 Å². The van der Waals surface area contributed by atoms with Crippen molar-refractivity contribution in [2.45, 2.75) is 52.2 Å². The Balaban J connectivity index is 1.42. The number of ether oxygens (including phenoxy) is 2. The minimum atomic E-state index is -0.507.